The van der Waals surface area contributed by atoms with E-state index in [2.05, 4.69) is 10.3 Å². The molecule has 0 unspecified atom stereocenters. The molecule has 2 rings (SSSR count). The van der Waals surface area contributed by atoms with Crippen molar-refractivity contribution in [2.75, 3.05) is 12.4 Å². The van der Waals surface area contributed by atoms with E-state index >= 15 is 0 Å². The van der Waals surface area contributed by atoms with Crippen LogP contribution < -0.4 is 15.8 Å². The molecule has 0 aliphatic rings. The summed E-state index contributed by atoms with van der Waals surface area (Å²) in [6.45, 7) is 0.598. The van der Waals surface area contributed by atoms with E-state index in [1.165, 1.54) is 4.88 Å². The number of nitrogens with one attached hydrogen (secondary N) is 1. The van der Waals surface area contributed by atoms with E-state index in [1.54, 1.807) is 18.4 Å². The lowest BCUT2D eigenvalue weighted by molar-refractivity contribution is 0.415. The lowest BCUT2D eigenvalue weighted by Gasteiger charge is -2.07. The van der Waals surface area contributed by atoms with Gasteiger partial charge in [-0.1, -0.05) is 12.1 Å². The highest BCUT2D eigenvalue weighted by Crippen LogP contribution is 2.16. The van der Waals surface area contributed by atoms with Gasteiger partial charge in [-0.15, -0.1) is 35.3 Å². The number of thiophene rings is 1. The third kappa shape index (κ3) is 5.07. The zero-order valence-electron chi connectivity index (χ0n) is 10.5. The molecule has 102 valence electrons. The van der Waals surface area contributed by atoms with Gasteiger partial charge >= 0.3 is 0 Å². The van der Waals surface area contributed by atoms with Gasteiger partial charge < -0.3 is 15.8 Å². The van der Waals surface area contributed by atoms with E-state index in [0.29, 0.717) is 12.5 Å². The highest BCUT2D eigenvalue weighted by atomic mass is 127. The number of nitrogens with two attached hydrogens (primary N) is 1. The Bertz CT molecular complexity index is 528. The molecule has 0 radical (unpaired) electrons. The fraction of sp³-hybridized carbons (Fsp3) is 0.154. The number of guanidine groups is 1. The van der Waals surface area contributed by atoms with Crippen LogP contribution in [0, 0.1) is 0 Å². The fourth-order valence-corrected chi connectivity index (χ4v) is 2.08. The summed E-state index contributed by atoms with van der Waals surface area (Å²) in [4.78, 5) is 5.46. The van der Waals surface area contributed by atoms with Crippen LogP contribution in [0.15, 0.2) is 46.8 Å². The molecule has 0 bridgehead atoms. The first kappa shape index (κ1) is 15.8. The molecule has 1 aromatic carbocycles. The van der Waals surface area contributed by atoms with Gasteiger partial charge in [0, 0.05) is 16.6 Å². The SMILES string of the molecule is COc1cccc(NC(N)=NCc2cccs2)c1.I. The van der Waals surface area contributed by atoms with Gasteiger partial charge in [-0.3, -0.25) is 0 Å². The summed E-state index contributed by atoms with van der Waals surface area (Å²) in [7, 11) is 1.63. The van der Waals surface area contributed by atoms with Gasteiger partial charge in [0.1, 0.15) is 5.75 Å². The van der Waals surface area contributed by atoms with Crippen LogP contribution >= 0.6 is 35.3 Å². The van der Waals surface area contributed by atoms with Gasteiger partial charge in [-0.2, -0.15) is 0 Å². The van der Waals surface area contributed by atoms with Gasteiger partial charge in [0.25, 0.3) is 0 Å². The summed E-state index contributed by atoms with van der Waals surface area (Å²) in [6, 6.07) is 11.6. The van der Waals surface area contributed by atoms with Crippen molar-refractivity contribution in [2.45, 2.75) is 6.54 Å². The smallest absolute Gasteiger partial charge is 0.193 e. The second-order valence-electron chi connectivity index (χ2n) is 3.64. The monoisotopic (exact) mass is 389 g/mol. The molecule has 0 amide bonds. The van der Waals surface area contributed by atoms with Crippen molar-refractivity contribution in [1.29, 1.82) is 0 Å². The van der Waals surface area contributed by atoms with Gasteiger partial charge in [-0.05, 0) is 23.6 Å². The van der Waals surface area contributed by atoms with Crippen LogP contribution in [0.5, 0.6) is 5.75 Å². The van der Waals surface area contributed by atoms with Gasteiger partial charge in [0.2, 0.25) is 0 Å². The third-order valence-corrected chi connectivity index (χ3v) is 3.19. The highest BCUT2D eigenvalue weighted by Gasteiger charge is 1.98. The van der Waals surface area contributed by atoms with E-state index in [1.807, 2.05) is 41.8 Å². The maximum absolute atomic E-state index is 5.82. The first-order valence-corrected chi connectivity index (χ1v) is 6.39. The molecule has 6 heteroatoms. The number of nitrogens with zero attached hydrogens (tertiary/aromatic N) is 1. The van der Waals surface area contributed by atoms with Crippen molar-refractivity contribution in [3.63, 3.8) is 0 Å². The molecule has 0 spiro atoms. The first-order valence-electron chi connectivity index (χ1n) is 5.51. The van der Waals surface area contributed by atoms with Crippen LogP contribution in [0.4, 0.5) is 5.69 Å². The van der Waals surface area contributed by atoms with Crippen LogP contribution in [0.1, 0.15) is 4.88 Å². The number of hydrogen-bond acceptors (Lipinski definition) is 3. The minimum absolute atomic E-state index is 0. The predicted octanol–water partition coefficient (Wildman–Crippen LogP) is 3.30. The third-order valence-electron chi connectivity index (χ3n) is 2.33. The van der Waals surface area contributed by atoms with E-state index in [4.69, 9.17) is 10.5 Å². The van der Waals surface area contributed by atoms with Crippen LogP contribution in [0.2, 0.25) is 0 Å². The van der Waals surface area contributed by atoms with Gasteiger partial charge in [0.05, 0.1) is 13.7 Å². The molecule has 19 heavy (non-hydrogen) atoms. The van der Waals surface area contributed by atoms with E-state index in [-0.39, 0.29) is 24.0 Å². The van der Waals surface area contributed by atoms with Gasteiger partial charge in [-0.25, -0.2) is 4.99 Å². The Kier molecular flexibility index (Phi) is 6.65. The fourth-order valence-electron chi connectivity index (χ4n) is 1.45. The van der Waals surface area contributed by atoms with Crippen LogP contribution in [0.3, 0.4) is 0 Å². The van der Waals surface area contributed by atoms with Crippen molar-refractivity contribution in [3.05, 3.63) is 46.7 Å². The summed E-state index contributed by atoms with van der Waals surface area (Å²) in [5.74, 6) is 1.18. The minimum Gasteiger partial charge on any atom is -0.497 e. The van der Waals surface area contributed by atoms with Crippen molar-refractivity contribution in [2.24, 2.45) is 10.7 Å². The molecule has 1 heterocycles. The number of methoxy groups -OCH3 is 1. The Hall–Kier alpha value is -1.28. The van der Waals surface area contributed by atoms with Crippen LogP contribution in [0.25, 0.3) is 0 Å². The zero-order valence-corrected chi connectivity index (χ0v) is 13.6. The maximum Gasteiger partial charge on any atom is 0.193 e. The minimum atomic E-state index is 0. The number of benzene rings is 1. The molecule has 4 nitrogen and oxygen atoms in total. The molecular weight excluding hydrogens is 373 g/mol. The molecule has 3 N–H and O–H groups in total. The first-order chi connectivity index (χ1) is 8.78. The van der Waals surface area contributed by atoms with E-state index < -0.39 is 0 Å². The molecule has 0 fully saturated rings. The summed E-state index contributed by atoms with van der Waals surface area (Å²) in [6.07, 6.45) is 0. The lowest BCUT2D eigenvalue weighted by atomic mass is 10.3. The number of anilines is 1. The largest absolute Gasteiger partial charge is 0.497 e. The topological polar surface area (TPSA) is 59.6 Å². The van der Waals surface area contributed by atoms with E-state index in [0.717, 1.165) is 11.4 Å². The molecule has 0 aliphatic carbocycles. The number of halogens is 1. The summed E-state index contributed by atoms with van der Waals surface area (Å²) in [5.41, 5.74) is 6.68. The van der Waals surface area contributed by atoms with E-state index in [9.17, 15) is 0 Å². The average Bonchev–Trinajstić information content (AvgIpc) is 2.90. The van der Waals surface area contributed by atoms with Crippen molar-refractivity contribution < 1.29 is 4.74 Å². The normalized spacial score (nSPS) is 10.7. The molecule has 0 saturated heterocycles. The Morgan fingerprint density at radius 3 is 2.89 bits per heavy atom. The predicted molar refractivity (Wildman–Crippen MR) is 91.7 cm³/mol. The molecule has 0 aliphatic heterocycles. The molecular formula is C13H16IN3OS. The number of hydrogen-bond donors (Lipinski definition) is 2. The zero-order chi connectivity index (χ0) is 12.8. The second kappa shape index (κ2) is 8.00. The molecule has 1 aromatic heterocycles. The summed E-state index contributed by atoms with van der Waals surface area (Å²) in [5, 5.41) is 5.06. The Labute approximate surface area is 133 Å². The number of aliphatic imine (C=N–C) groups is 1. The van der Waals surface area contributed by atoms with Gasteiger partial charge in [0.15, 0.2) is 5.96 Å². The molecule has 0 saturated carbocycles. The lowest BCUT2D eigenvalue weighted by Crippen LogP contribution is -2.22. The maximum atomic E-state index is 5.82. The Morgan fingerprint density at radius 2 is 2.21 bits per heavy atom. The van der Waals surface area contributed by atoms with Crippen LogP contribution in [-0.2, 0) is 6.54 Å². The second-order valence-corrected chi connectivity index (χ2v) is 4.67. The van der Waals surface area contributed by atoms with Crippen LogP contribution in [-0.4, -0.2) is 13.1 Å². The quantitative estimate of drug-likeness (QED) is 0.479. The average molecular weight is 389 g/mol. The molecule has 2 aromatic rings. The Balaban J connectivity index is 0.00000180. The van der Waals surface area contributed by atoms with Crippen molar-refractivity contribution in [1.82, 2.24) is 0 Å². The van der Waals surface area contributed by atoms with Crippen molar-refractivity contribution in [3.8, 4) is 5.75 Å². The Morgan fingerprint density at radius 1 is 1.37 bits per heavy atom. The standard InChI is InChI=1S/C13H15N3OS.HI/c1-17-11-5-2-4-10(8-11)16-13(14)15-9-12-6-3-7-18-12;/h2-8H,9H2,1H3,(H3,14,15,16);1H. The number of ether oxygens (including phenoxy) is 1. The summed E-state index contributed by atoms with van der Waals surface area (Å²) < 4.78 is 5.14. The molecule has 0 atom stereocenters. The summed E-state index contributed by atoms with van der Waals surface area (Å²) >= 11 is 1.67. The highest BCUT2D eigenvalue weighted by molar-refractivity contribution is 14.0. The number of rotatable bonds is 4. The van der Waals surface area contributed by atoms with Crippen molar-refractivity contribution >= 4 is 47.0 Å².